The van der Waals surface area contributed by atoms with Crippen LogP contribution in [0.1, 0.15) is 11.3 Å². The first-order valence-electron chi connectivity index (χ1n) is 10.9. The number of aryl methyl sites for hydroxylation is 1. The van der Waals surface area contributed by atoms with Crippen molar-refractivity contribution in [2.24, 2.45) is 0 Å². The Hall–Kier alpha value is -3.09. The fraction of sp³-hybridized carbons (Fsp3) is 0.391. The Kier molecular flexibility index (Phi) is 6.80. The molecule has 2 aromatic heterocycles. The van der Waals surface area contributed by atoms with Crippen molar-refractivity contribution < 1.29 is 31.5 Å². The summed E-state index contributed by atoms with van der Waals surface area (Å²) < 4.78 is 68.7. The molecule has 9 nitrogen and oxygen atoms in total. The second kappa shape index (κ2) is 9.51. The molecular weight excluding hydrogens is 482 g/mol. The van der Waals surface area contributed by atoms with Gasteiger partial charge in [-0.1, -0.05) is 0 Å². The molecule has 1 saturated heterocycles. The number of benzene rings is 1. The molecule has 12 heteroatoms. The Bertz CT molecular complexity index is 1370. The van der Waals surface area contributed by atoms with E-state index in [1.165, 1.54) is 26.1 Å². The first-order chi connectivity index (χ1) is 16.5. The van der Waals surface area contributed by atoms with Crippen LogP contribution in [0.4, 0.5) is 13.6 Å². The van der Waals surface area contributed by atoms with Gasteiger partial charge in [-0.15, -0.1) is 0 Å². The van der Waals surface area contributed by atoms with E-state index in [0.29, 0.717) is 17.9 Å². The van der Waals surface area contributed by atoms with Gasteiger partial charge in [-0.3, -0.25) is 0 Å². The number of fused-ring (bicyclic) bond motifs is 1. The second-order valence-electron chi connectivity index (χ2n) is 8.50. The molecule has 0 radical (unpaired) electrons. The van der Waals surface area contributed by atoms with Crippen LogP contribution in [0, 0.1) is 18.6 Å². The van der Waals surface area contributed by atoms with Crippen LogP contribution in [-0.2, 0) is 25.9 Å². The highest BCUT2D eigenvalue weighted by atomic mass is 32.2. The summed E-state index contributed by atoms with van der Waals surface area (Å²) >= 11 is 0. The largest absolute Gasteiger partial charge is 0.453 e. The van der Waals surface area contributed by atoms with Gasteiger partial charge in [0, 0.05) is 33.3 Å². The van der Waals surface area contributed by atoms with Crippen LogP contribution >= 0.6 is 0 Å². The van der Waals surface area contributed by atoms with Crippen molar-refractivity contribution in [2.75, 3.05) is 40.9 Å². The molecule has 0 aliphatic carbocycles. The van der Waals surface area contributed by atoms with E-state index >= 15 is 8.78 Å². The van der Waals surface area contributed by atoms with Gasteiger partial charge >= 0.3 is 6.09 Å². The first-order valence-corrected chi connectivity index (χ1v) is 12.3. The molecule has 4 rings (SSSR count). The van der Waals surface area contributed by atoms with Gasteiger partial charge in [-0.25, -0.2) is 31.3 Å². The maximum absolute atomic E-state index is 15.3. The van der Waals surface area contributed by atoms with Gasteiger partial charge in [0.05, 0.1) is 48.2 Å². The van der Waals surface area contributed by atoms with E-state index in [1.54, 1.807) is 16.7 Å². The smallest absolute Gasteiger partial charge is 0.409 e. The predicted molar refractivity (Wildman–Crippen MR) is 124 cm³/mol. The van der Waals surface area contributed by atoms with Crippen LogP contribution in [0.5, 0.6) is 0 Å². The number of sulfonamides is 1. The number of hydrogen-bond acceptors (Lipinski definition) is 6. The number of imidazole rings is 1. The zero-order valence-corrected chi connectivity index (χ0v) is 20.6. The van der Waals surface area contributed by atoms with Gasteiger partial charge in [-0.2, -0.15) is 0 Å². The molecule has 0 bridgehead atoms. The summed E-state index contributed by atoms with van der Waals surface area (Å²) in [6, 6.07) is 5.20. The number of rotatable bonds is 5. The summed E-state index contributed by atoms with van der Waals surface area (Å²) in [4.78, 5) is 17.5. The average molecular weight is 509 g/mol. The molecule has 0 spiro atoms. The summed E-state index contributed by atoms with van der Waals surface area (Å²) in [7, 11) is -0.185. The molecule has 1 atom stereocenters. The van der Waals surface area contributed by atoms with Crippen molar-refractivity contribution in [3.63, 3.8) is 0 Å². The highest BCUT2D eigenvalue weighted by molar-refractivity contribution is 7.89. The van der Waals surface area contributed by atoms with Gasteiger partial charge in [0.25, 0.3) is 0 Å². The zero-order valence-electron chi connectivity index (χ0n) is 19.8. The summed E-state index contributed by atoms with van der Waals surface area (Å²) in [6.07, 6.45) is 0.992. The van der Waals surface area contributed by atoms with Crippen LogP contribution < -0.4 is 0 Å². The minimum Gasteiger partial charge on any atom is -0.453 e. The minimum absolute atomic E-state index is 0.0400. The Morgan fingerprint density at radius 2 is 1.94 bits per heavy atom. The molecule has 1 amide bonds. The summed E-state index contributed by atoms with van der Waals surface area (Å²) in [5.74, 6) is -2.10. The monoisotopic (exact) mass is 508 g/mol. The zero-order chi connectivity index (χ0) is 25.5. The maximum Gasteiger partial charge on any atom is 0.409 e. The number of carbonyl (C=O) groups excluding carboxylic acids is 1. The van der Waals surface area contributed by atoms with Gasteiger partial charge in [-0.05, 0) is 36.8 Å². The maximum atomic E-state index is 15.3. The minimum atomic E-state index is -4.04. The van der Waals surface area contributed by atoms with Crippen LogP contribution in [0.2, 0.25) is 0 Å². The lowest BCUT2D eigenvalue weighted by atomic mass is 10.0. The van der Waals surface area contributed by atoms with E-state index in [4.69, 9.17) is 9.47 Å². The number of nitrogens with zero attached hydrogens (tertiary/aromatic N) is 4. The molecule has 0 N–H and O–H groups in total. The Morgan fingerprint density at radius 3 is 2.57 bits per heavy atom. The van der Waals surface area contributed by atoms with Crippen molar-refractivity contribution in [3.05, 3.63) is 53.4 Å². The number of amides is 1. The summed E-state index contributed by atoms with van der Waals surface area (Å²) in [5.41, 5.74) is 1.45. The van der Waals surface area contributed by atoms with E-state index in [0.717, 1.165) is 22.0 Å². The van der Waals surface area contributed by atoms with Crippen molar-refractivity contribution in [1.82, 2.24) is 18.6 Å². The van der Waals surface area contributed by atoms with Crippen molar-refractivity contribution in [2.45, 2.75) is 24.3 Å². The number of carbonyl (C=O) groups is 1. The van der Waals surface area contributed by atoms with Gasteiger partial charge in [0.15, 0.2) is 0 Å². The molecular formula is C23H26F2N4O5S. The molecule has 1 fully saturated rings. The van der Waals surface area contributed by atoms with Crippen LogP contribution in [-0.4, -0.2) is 80.1 Å². The Labute approximate surface area is 201 Å². The molecule has 1 aromatic carbocycles. The van der Waals surface area contributed by atoms with E-state index in [2.05, 4.69) is 4.98 Å². The number of morpholine rings is 1. The SMILES string of the molecule is COC(=O)N1CCO[C@@H](Cc2c(-c3c(F)cc(S(=O)(=O)N(C)C)cc3F)nc3cc(C)ccn23)C1. The summed E-state index contributed by atoms with van der Waals surface area (Å²) in [6.45, 7) is 2.75. The molecule has 0 saturated carbocycles. The topological polar surface area (TPSA) is 93.4 Å². The molecule has 1 aliphatic heterocycles. The third kappa shape index (κ3) is 4.73. The average Bonchev–Trinajstić information content (AvgIpc) is 3.14. The molecule has 188 valence electrons. The third-order valence-electron chi connectivity index (χ3n) is 5.90. The number of methoxy groups -OCH3 is 1. The van der Waals surface area contributed by atoms with E-state index in [-0.39, 0.29) is 25.3 Å². The highest BCUT2D eigenvalue weighted by Gasteiger charge is 2.30. The third-order valence-corrected chi connectivity index (χ3v) is 7.70. The number of halogens is 2. The van der Waals surface area contributed by atoms with Crippen LogP contribution in [0.3, 0.4) is 0 Å². The number of pyridine rings is 1. The van der Waals surface area contributed by atoms with Crippen LogP contribution in [0.15, 0.2) is 35.4 Å². The van der Waals surface area contributed by atoms with Crippen molar-refractivity contribution in [3.8, 4) is 11.3 Å². The van der Waals surface area contributed by atoms with Gasteiger partial charge < -0.3 is 18.8 Å². The normalized spacial score (nSPS) is 16.8. The van der Waals surface area contributed by atoms with Crippen molar-refractivity contribution >= 4 is 21.8 Å². The molecule has 0 unspecified atom stereocenters. The number of hydrogen-bond donors (Lipinski definition) is 0. The van der Waals surface area contributed by atoms with E-state index < -0.39 is 44.3 Å². The fourth-order valence-corrected chi connectivity index (χ4v) is 5.01. The molecule has 3 heterocycles. The lowest BCUT2D eigenvalue weighted by molar-refractivity contribution is -0.0241. The van der Waals surface area contributed by atoms with Crippen LogP contribution in [0.25, 0.3) is 16.9 Å². The predicted octanol–water partition coefficient (Wildman–Crippen LogP) is 2.85. The number of aromatic nitrogens is 2. The molecule has 3 aromatic rings. The lowest BCUT2D eigenvalue weighted by Crippen LogP contribution is -2.46. The highest BCUT2D eigenvalue weighted by Crippen LogP contribution is 2.33. The second-order valence-corrected chi connectivity index (χ2v) is 10.7. The number of ether oxygens (including phenoxy) is 2. The quantitative estimate of drug-likeness (QED) is 0.526. The Balaban J connectivity index is 1.82. The molecule has 1 aliphatic rings. The first kappa shape index (κ1) is 25.0. The van der Waals surface area contributed by atoms with Gasteiger partial charge in [0.2, 0.25) is 10.0 Å². The standard InChI is InChI=1S/C23H26F2N4O5S/c1-14-5-6-29-19(10-15-13-28(7-8-34-15)23(30)33-4)22(26-20(29)9-14)21-17(24)11-16(12-18(21)25)35(31,32)27(2)3/h5-6,9,11-12,15H,7-8,10,13H2,1-4H3/t15-/m0/s1. The van der Waals surface area contributed by atoms with Crippen molar-refractivity contribution in [1.29, 1.82) is 0 Å². The lowest BCUT2D eigenvalue weighted by Gasteiger charge is -2.32. The van der Waals surface area contributed by atoms with E-state index in [1.807, 2.05) is 13.0 Å². The fourth-order valence-electron chi connectivity index (χ4n) is 4.08. The van der Waals surface area contributed by atoms with Gasteiger partial charge in [0.1, 0.15) is 17.3 Å². The Morgan fingerprint density at radius 1 is 1.26 bits per heavy atom. The summed E-state index contributed by atoms with van der Waals surface area (Å²) in [5, 5.41) is 0. The van der Waals surface area contributed by atoms with E-state index in [9.17, 15) is 13.2 Å². The molecule has 35 heavy (non-hydrogen) atoms.